The van der Waals surface area contributed by atoms with Gasteiger partial charge in [-0.05, 0) is 36.8 Å². The van der Waals surface area contributed by atoms with Crippen LogP contribution in [0.5, 0.6) is 5.75 Å². The number of methoxy groups -OCH3 is 1. The van der Waals surface area contributed by atoms with Crippen molar-refractivity contribution >= 4 is 10.9 Å². The van der Waals surface area contributed by atoms with Crippen LogP contribution in [-0.4, -0.2) is 21.8 Å². The van der Waals surface area contributed by atoms with E-state index in [1.54, 1.807) is 31.5 Å². The average Bonchev–Trinajstić information content (AvgIpc) is 3.20. The standard InChI is InChI=1S/C21H18FN3O3/c1-3-10-25-12-16(19(26)15-11-13(22)8-9-17(15)25)21-23-20(24-28-21)14-6-4-5-7-18(14)27-2/h4-9,11-12H,3,10H2,1-2H3. The van der Waals surface area contributed by atoms with Crippen molar-refractivity contribution in [1.82, 2.24) is 14.7 Å². The van der Waals surface area contributed by atoms with Gasteiger partial charge in [-0.2, -0.15) is 4.98 Å². The summed E-state index contributed by atoms with van der Waals surface area (Å²) in [6.07, 6.45) is 2.54. The van der Waals surface area contributed by atoms with Crippen LogP contribution >= 0.6 is 0 Å². The number of benzene rings is 2. The van der Waals surface area contributed by atoms with Crippen molar-refractivity contribution in [2.24, 2.45) is 0 Å². The van der Waals surface area contributed by atoms with E-state index in [9.17, 15) is 9.18 Å². The van der Waals surface area contributed by atoms with Crippen LogP contribution < -0.4 is 10.2 Å². The van der Waals surface area contributed by atoms with E-state index >= 15 is 0 Å². The smallest absolute Gasteiger partial charge is 0.263 e. The van der Waals surface area contributed by atoms with Crippen LogP contribution in [0.15, 0.2) is 58.0 Å². The van der Waals surface area contributed by atoms with E-state index in [-0.39, 0.29) is 22.3 Å². The normalized spacial score (nSPS) is 11.1. The second-order valence-corrected chi connectivity index (χ2v) is 6.35. The third-order valence-electron chi connectivity index (χ3n) is 4.51. The maximum absolute atomic E-state index is 13.8. The summed E-state index contributed by atoms with van der Waals surface area (Å²) >= 11 is 0. The zero-order valence-corrected chi connectivity index (χ0v) is 15.5. The molecule has 142 valence electrons. The first-order chi connectivity index (χ1) is 13.6. The van der Waals surface area contributed by atoms with Gasteiger partial charge in [0.2, 0.25) is 11.3 Å². The van der Waals surface area contributed by atoms with Gasteiger partial charge in [-0.1, -0.05) is 24.2 Å². The molecule has 0 aliphatic heterocycles. The number of para-hydroxylation sites is 1. The van der Waals surface area contributed by atoms with Gasteiger partial charge in [-0.15, -0.1) is 0 Å². The molecule has 0 saturated heterocycles. The Bertz CT molecular complexity index is 1210. The van der Waals surface area contributed by atoms with Gasteiger partial charge in [0, 0.05) is 18.1 Å². The van der Waals surface area contributed by atoms with Crippen LogP contribution in [0.2, 0.25) is 0 Å². The molecule has 0 radical (unpaired) electrons. The van der Waals surface area contributed by atoms with E-state index in [0.29, 0.717) is 29.2 Å². The first kappa shape index (κ1) is 17.9. The summed E-state index contributed by atoms with van der Waals surface area (Å²) < 4.78 is 26.4. The van der Waals surface area contributed by atoms with Crippen LogP contribution in [0.4, 0.5) is 4.39 Å². The summed E-state index contributed by atoms with van der Waals surface area (Å²) in [5, 5.41) is 4.28. The van der Waals surface area contributed by atoms with Crippen LogP contribution in [0.3, 0.4) is 0 Å². The quantitative estimate of drug-likeness (QED) is 0.518. The Morgan fingerprint density at radius 1 is 1.18 bits per heavy atom. The molecule has 2 aromatic carbocycles. The molecule has 28 heavy (non-hydrogen) atoms. The van der Waals surface area contributed by atoms with Crippen molar-refractivity contribution < 1.29 is 13.7 Å². The van der Waals surface area contributed by atoms with E-state index in [4.69, 9.17) is 9.26 Å². The zero-order valence-electron chi connectivity index (χ0n) is 15.5. The summed E-state index contributed by atoms with van der Waals surface area (Å²) in [4.78, 5) is 17.4. The minimum atomic E-state index is -0.468. The van der Waals surface area contributed by atoms with E-state index < -0.39 is 5.82 Å². The molecule has 0 unspecified atom stereocenters. The minimum absolute atomic E-state index is 0.0851. The molecule has 0 spiro atoms. The molecule has 0 N–H and O–H groups in total. The summed E-state index contributed by atoms with van der Waals surface area (Å²) in [7, 11) is 1.56. The van der Waals surface area contributed by atoms with Gasteiger partial charge in [-0.25, -0.2) is 4.39 Å². The highest BCUT2D eigenvalue weighted by Gasteiger charge is 2.19. The molecule has 0 aliphatic carbocycles. The Morgan fingerprint density at radius 3 is 2.79 bits per heavy atom. The van der Waals surface area contributed by atoms with Gasteiger partial charge in [0.25, 0.3) is 5.89 Å². The maximum atomic E-state index is 13.8. The third-order valence-corrected chi connectivity index (χ3v) is 4.51. The molecule has 0 aliphatic rings. The number of hydrogen-bond acceptors (Lipinski definition) is 5. The predicted molar refractivity (Wildman–Crippen MR) is 104 cm³/mol. The van der Waals surface area contributed by atoms with Crippen LogP contribution in [0.1, 0.15) is 13.3 Å². The summed E-state index contributed by atoms with van der Waals surface area (Å²) in [5.41, 5.74) is 1.21. The van der Waals surface area contributed by atoms with Crippen molar-refractivity contribution in [3.8, 4) is 28.6 Å². The Morgan fingerprint density at radius 2 is 2.00 bits per heavy atom. The molecular formula is C21H18FN3O3. The van der Waals surface area contributed by atoms with Crippen LogP contribution in [0, 0.1) is 5.82 Å². The number of aromatic nitrogens is 3. The van der Waals surface area contributed by atoms with E-state index in [1.165, 1.54) is 12.1 Å². The SMILES string of the molecule is CCCn1cc(-c2nc(-c3ccccc3OC)no2)c(=O)c2cc(F)ccc21. The van der Waals surface area contributed by atoms with E-state index in [2.05, 4.69) is 10.1 Å². The highest BCUT2D eigenvalue weighted by Crippen LogP contribution is 2.29. The molecule has 2 aromatic heterocycles. The molecule has 7 heteroatoms. The largest absolute Gasteiger partial charge is 0.496 e. The number of aryl methyl sites for hydroxylation is 1. The lowest BCUT2D eigenvalue weighted by Crippen LogP contribution is -2.12. The second kappa shape index (κ2) is 7.26. The number of halogens is 1. The maximum Gasteiger partial charge on any atom is 0.263 e. The molecular weight excluding hydrogens is 361 g/mol. The molecule has 6 nitrogen and oxygen atoms in total. The Labute approximate surface area is 160 Å². The molecule has 0 bridgehead atoms. The van der Waals surface area contributed by atoms with Crippen molar-refractivity contribution in [3.63, 3.8) is 0 Å². The van der Waals surface area contributed by atoms with Crippen molar-refractivity contribution in [2.75, 3.05) is 7.11 Å². The van der Waals surface area contributed by atoms with Crippen molar-refractivity contribution in [3.05, 3.63) is 64.7 Å². The summed E-state index contributed by atoms with van der Waals surface area (Å²) in [6, 6.07) is 11.5. The van der Waals surface area contributed by atoms with E-state index in [1.807, 2.05) is 23.6 Å². The summed E-state index contributed by atoms with van der Waals surface area (Å²) in [6.45, 7) is 2.70. The number of pyridine rings is 1. The predicted octanol–water partition coefficient (Wildman–Crippen LogP) is 4.28. The molecule has 0 saturated carbocycles. The topological polar surface area (TPSA) is 70.2 Å². The number of fused-ring (bicyclic) bond motifs is 1. The number of nitrogens with zero attached hydrogens (tertiary/aromatic N) is 3. The Hall–Kier alpha value is -3.48. The van der Waals surface area contributed by atoms with Gasteiger partial charge in [0.05, 0.1) is 18.2 Å². The highest BCUT2D eigenvalue weighted by molar-refractivity contribution is 5.83. The van der Waals surface area contributed by atoms with Gasteiger partial charge in [0.15, 0.2) is 0 Å². The number of rotatable bonds is 5. The molecule has 2 heterocycles. The molecule has 4 aromatic rings. The van der Waals surface area contributed by atoms with Crippen molar-refractivity contribution in [2.45, 2.75) is 19.9 Å². The number of hydrogen-bond donors (Lipinski definition) is 0. The van der Waals surface area contributed by atoms with Gasteiger partial charge in [-0.3, -0.25) is 4.79 Å². The lowest BCUT2D eigenvalue weighted by Gasteiger charge is -2.11. The van der Waals surface area contributed by atoms with Crippen molar-refractivity contribution in [1.29, 1.82) is 0 Å². The fraction of sp³-hybridized carbons (Fsp3) is 0.190. The van der Waals surface area contributed by atoms with Gasteiger partial charge < -0.3 is 13.8 Å². The van der Waals surface area contributed by atoms with Gasteiger partial charge in [0.1, 0.15) is 17.1 Å². The second-order valence-electron chi connectivity index (χ2n) is 6.35. The monoisotopic (exact) mass is 379 g/mol. The third kappa shape index (κ3) is 3.05. The Balaban J connectivity index is 1.89. The molecule has 0 amide bonds. The lowest BCUT2D eigenvalue weighted by atomic mass is 10.1. The van der Waals surface area contributed by atoms with Gasteiger partial charge >= 0.3 is 0 Å². The molecule has 0 atom stereocenters. The van der Waals surface area contributed by atoms with Crippen LogP contribution in [0.25, 0.3) is 33.7 Å². The summed E-state index contributed by atoms with van der Waals surface area (Å²) in [5.74, 6) is 0.527. The fourth-order valence-electron chi connectivity index (χ4n) is 3.22. The first-order valence-corrected chi connectivity index (χ1v) is 8.92. The highest BCUT2D eigenvalue weighted by atomic mass is 19.1. The first-order valence-electron chi connectivity index (χ1n) is 8.92. The average molecular weight is 379 g/mol. The minimum Gasteiger partial charge on any atom is -0.496 e. The number of ether oxygens (including phenoxy) is 1. The van der Waals surface area contributed by atoms with Crippen LogP contribution in [-0.2, 0) is 6.54 Å². The zero-order chi connectivity index (χ0) is 19.7. The molecule has 4 rings (SSSR count). The fourth-order valence-corrected chi connectivity index (χ4v) is 3.22. The lowest BCUT2D eigenvalue weighted by molar-refractivity contribution is 0.413. The van der Waals surface area contributed by atoms with E-state index in [0.717, 1.165) is 6.42 Å². The molecule has 0 fully saturated rings. The Kier molecular flexibility index (Phi) is 4.65.